The molecule has 40 heavy (non-hydrogen) atoms. The molecule has 0 unspecified atom stereocenters. The molecule has 0 saturated heterocycles. The summed E-state index contributed by atoms with van der Waals surface area (Å²) in [5.74, 6) is -4.02. The number of hydrogen-bond acceptors (Lipinski definition) is 12. The number of aryl methyl sites for hydroxylation is 4. The van der Waals surface area contributed by atoms with Gasteiger partial charge >= 0.3 is 114 Å². The Labute approximate surface area is 310 Å². The Balaban J connectivity index is 0.000000381. The third kappa shape index (κ3) is 8.57. The Morgan fingerprint density at radius 2 is 0.975 bits per heavy atom. The van der Waals surface area contributed by atoms with E-state index in [4.69, 9.17) is 0 Å². The molecule has 2 aromatic carbocycles. The molecule has 0 saturated carbocycles. The van der Waals surface area contributed by atoms with E-state index in [0.717, 1.165) is 9.13 Å². The summed E-state index contributed by atoms with van der Waals surface area (Å²) in [7, 11) is 0. The molecule has 4 N–H and O–H groups in total. The quantitative estimate of drug-likeness (QED) is 0.119. The number of hydrogen-bond donors (Lipinski definition) is 4. The summed E-state index contributed by atoms with van der Waals surface area (Å²) in [5, 5.41) is 59.7. The van der Waals surface area contributed by atoms with Crippen molar-refractivity contribution in [2.75, 3.05) is 0 Å². The second-order valence-corrected chi connectivity index (χ2v) is 8.22. The Morgan fingerprint density at radius 3 is 1.27 bits per heavy atom. The minimum Gasteiger partial charge on any atom is -0.550 e. The summed E-state index contributed by atoms with van der Waals surface area (Å²) < 4.78 is 2.24. The van der Waals surface area contributed by atoms with E-state index in [2.05, 4.69) is 9.97 Å². The first kappa shape index (κ1) is 36.2. The molecule has 0 spiro atoms. The largest absolute Gasteiger partial charge is 1.00 e. The van der Waals surface area contributed by atoms with Crippen LogP contribution in [0.15, 0.2) is 33.9 Å². The van der Waals surface area contributed by atoms with Gasteiger partial charge in [0.25, 0.3) is 0 Å². The SMILES string of the molecule is Cc1nc(=O)n(CCC(=O)[O-])c2cc(O)c(O)cc12.Cc1nc(=O)n(CCC(=O)[O-])c2cc(O)c(O)cc12.[K+].[K+]. The van der Waals surface area contributed by atoms with Gasteiger partial charge in [-0.3, -0.25) is 9.13 Å². The number of carboxylic acids is 2. The topological polar surface area (TPSA) is 231 Å². The van der Waals surface area contributed by atoms with Crippen molar-refractivity contribution < 1.29 is 143 Å². The number of benzene rings is 2. The monoisotopic (exact) mass is 604 g/mol. The van der Waals surface area contributed by atoms with E-state index in [9.17, 15) is 49.8 Å². The van der Waals surface area contributed by atoms with Gasteiger partial charge in [0.2, 0.25) is 0 Å². The maximum Gasteiger partial charge on any atom is 1.00 e. The van der Waals surface area contributed by atoms with Gasteiger partial charge in [-0.1, -0.05) is 0 Å². The molecule has 2 heterocycles. The first-order chi connectivity index (χ1) is 17.8. The van der Waals surface area contributed by atoms with Gasteiger partial charge in [0.1, 0.15) is 0 Å². The van der Waals surface area contributed by atoms with Gasteiger partial charge in [0.15, 0.2) is 23.0 Å². The molecule has 0 aliphatic carbocycles. The minimum atomic E-state index is -1.29. The van der Waals surface area contributed by atoms with E-state index in [1.807, 2.05) is 0 Å². The number of nitrogens with zero attached hydrogens (tertiary/aromatic N) is 4. The maximum atomic E-state index is 11.8. The molecule has 0 aliphatic heterocycles. The standard InChI is InChI=1S/2C12H12N2O5.2K/c2*1-6-7-4-9(15)10(16)5-8(7)14(12(19)13-6)3-2-11(17)18;;/h2*4-5,15-16H,2-3H2,1H3,(H,17,18);;/q;;2*+1/p-2. The minimum absolute atomic E-state index is 0. The van der Waals surface area contributed by atoms with Gasteiger partial charge in [0.05, 0.1) is 22.4 Å². The van der Waals surface area contributed by atoms with Crippen molar-refractivity contribution in [2.24, 2.45) is 0 Å². The Morgan fingerprint density at radius 1 is 0.675 bits per heavy atom. The van der Waals surface area contributed by atoms with Crippen LogP contribution in [0.4, 0.5) is 0 Å². The summed E-state index contributed by atoms with van der Waals surface area (Å²) in [4.78, 5) is 52.0. The second-order valence-electron chi connectivity index (χ2n) is 8.22. The van der Waals surface area contributed by atoms with Crippen LogP contribution >= 0.6 is 0 Å². The van der Waals surface area contributed by atoms with Crippen LogP contribution in [-0.2, 0) is 22.7 Å². The zero-order valence-corrected chi connectivity index (χ0v) is 28.4. The number of aliphatic carboxylic acids is 2. The summed E-state index contributed by atoms with van der Waals surface area (Å²) in [5.41, 5.74) is 0.177. The molecule has 14 nitrogen and oxygen atoms in total. The molecule has 4 rings (SSSR count). The molecule has 0 fully saturated rings. The predicted molar refractivity (Wildman–Crippen MR) is 127 cm³/mol. The van der Waals surface area contributed by atoms with E-state index < -0.39 is 23.3 Å². The van der Waals surface area contributed by atoms with E-state index in [0.29, 0.717) is 33.2 Å². The van der Waals surface area contributed by atoms with E-state index >= 15 is 0 Å². The van der Waals surface area contributed by atoms with Crippen LogP contribution in [0, 0.1) is 13.8 Å². The number of phenols is 4. The van der Waals surface area contributed by atoms with Crippen LogP contribution in [0.25, 0.3) is 21.8 Å². The third-order valence-electron chi connectivity index (χ3n) is 5.61. The first-order valence-electron chi connectivity index (χ1n) is 11.1. The van der Waals surface area contributed by atoms with Crippen LogP contribution in [0.2, 0.25) is 0 Å². The molecule has 16 heteroatoms. The number of carboxylic acid groups (broad SMARTS) is 2. The van der Waals surface area contributed by atoms with Crippen molar-refractivity contribution in [2.45, 2.75) is 39.8 Å². The van der Waals surface area contributed by atoms with E-state index in [1.54, 1.807) is 13.8 Å². The summed E-state index contributed by atoms with van der Waals surface area (Å²) in [6, 6.07) is 4.97. The number of fused-ring (bicyclic) bond motifs is 2. The summed E-state index contributed by atoms with van der Waals surface area (Å²) in [6.45, 7) is 2.94. The third-order valence-corrected chi connectivity index (χ3v) is 5.61. The van der Waals surface area contributed by atoms with Gasteiger partial charge in [-0.25, -0.2) is 9.59 Å². The van der Waals surface area contributed by atoms with Crippen molar-refractivity contribution >= 4 is 33.7 Å². The van der Waals surface area contributed by atoms with Gasteiger partial charge < -0.3 is 40.2 Å². The number of aromatic nitrogens is 4. The number of phenolic OH excluding ortho intramolecular Hbond substituents is 4. The number of aromatic hydroxyl groups is 4. The second kappa shape index (κ2) is 15.4. The molecular formula is C24H22K2N4O10. The predicted octanol–water partition coefficient (Wildman–Crippen LogP) is -7.48. The van der Waals surface area contributed by atoms with Crippen LogP contribution in [0.1, 0.15) is 24.2 Å². The smallest absolute Gasteiger partial charge is 0.550 e. The average Bonchev–Trinajstić information content (AvgIpc) is 2.81. The summed E-state index contributed by atoms with van der Waals surface area (Å²) in [6.07, 6.45) is -0.692. The molecule has 2 aromatic heterocycles. The van der Waals surface area contributed by atoms with Crippen molar-refractivity contribution in [3.8, 4) is 23.0 Å². The van der Waals surface area contributed by atoms with E-state index in [1.165, 1.54) is 24.3 Å². The van der Waals surface area contributed by atoms with Gasteiger partial charge in [-0.15, -0.1) is 0 Å². The van der Waals surface area contributed by atoms with Gasteiger partial charge in [0, 0.05) is 60.8 Å². The zero-order valence-electron chi connectivity index (χ0n) is 22.2. The number of carbonyl (C=O) groups is 2. The van der Waals surface area contributed by atoms with Crippen LogP contribution in [-0.4, -0.2) is 51.5 Å². The number of carbonyl (C=O) groups excluding carboxylic acids is 2. The van der Waals surface area contributed by atoms with Gasteiger partial charge in [-0.05, 0) is 26.0 Å². The fourth-order valence-corrected chi connectivity index (χ4v) is 3.73. The van der Waals surface area contributed by atoms with Crippen LogP contribution in [0.3, 0.4) is 0 Å². The first-order valence-corrected chi connectivity index (χ1v) is 11.1. The average molecular weight is 605 g/mol. The molecule has 0 aliphatic rings. The maximum absolute atomic E-state index is 11.8. The molecular weight excluding hydrogens is 582 g/mol. The molecule has 200 valence electrons. The zero-order chi connectivity index (χ0) is 28.3. The summed E-state index contributed by atoms with van der Waals surface area (Å²) >= 11 is 0. The molecule has 4 aromatic rings. The normalized spacial score (nSPS) is 10.2. The molecule has 0 amide bonds. The molecule has 0 atom stereocenters. The molecule has 0 bridgehead atoms. The Hall–Kier alpha value is -1.87. The van der Waals surface area contributed by atoms with Crippen molar-refractivity contribution in [3.05, 3.63) is 56.6 Å². The fraction of sp³-hybridized carbons (Fsp3) is 0.250. The van der Waals surface area contributed by atoms with Crippen molar-refractivity contribution in [1.29, 1.82) is 0 Å². The Bertz CT molecular complexity index is 1580. The molecule has 0 radical (unpaired) electrons. The van der Waals surface area contributed by atoms with Crippen LogP contribution in [0.5, 0.6) is 23.0 Å². The Kier molecular flexibility index (Phi) is 13.9. The fourth-order valence-electron chi connectivity index (χ4n) is 3.73. The van der Waals surface area contributed by atoms with E-state index in [-0.39, 0.29) is 152 Å². The van der Waals surface area contributed by atoms with Crippen molar-refractivity contribution in [3.63, 3.8) is 0 Å². The number of rotatable bonds is 6. The van der Waals surface area contributed by atoms with Crippen LogP contribution < -0.4 is 124 Å². The van der Waals surface area contributed by atoms with Crippen molar-refractivity contribution in [1.82, 2.24) is 19.1 Å². The van der Waals surface area contributed by atoms with Gasteiger partial charge in [-0.2, -0.15) is 9.97 Å².